The van der Waals surface area contributed by atoms with Gasteiger partial charge in [-0.1, -0.05) is 35.3 Å². The lowest BCUT2D eigenvalue weighted by molar-refractivity contribution is -0.137. The van der Waals surface area contributed by atoms with Crippen LogP contribution in [0.15, 0.2) is 65.6 Å². The summed E-state index contributed by atoms with van der Waals surface area (Å²) in [6.45, 7) is 2.13. The van der Waals surface area contributed by atoms with Crippen molar-refractivity contribution in [3.8, 4) is 5.75 Å². The highest BCUT2D eigenvalue weighted by molar-refractivity contribution is 7.93. The smallest absolute Gasteiger partial charge is 0.416 e. The number of sulfonamides is 1. The number of methoxy groups -OCH3 is 1. The molecule has 1 heterocycles. The summed E-state index contributed by atoms with van der Waals surface area (Å²) in [5, 5.41) is 0.325. The van der Waals surface area contributed by atoms with Gasteiger partial charge in [0, 0.05) is 31.9 Å². The van der Waals surface area contributed by atoms with E-state index in [1.165, 1.54) is 48.4 Å². The molecule has 0 unspecified atom stereocenters. The number of nitrogens with zero attached hydrogens (tertiary/aromatic N) is 3. The van der Waals surface area contributed by atoms with E-state index in [1.54, 1.807) is 24.0 Å². The van der Waals surface area contributed by atoms with Crippen molar-refractivity contribution < 1.29 is 31.1 Å². The quantitative estimate of drug-likeness (QED) is 0.332. The van der Waals surface area contributed by atoms with Gasteiger partial charge in [0.15, 0.2) is 0 Å². The van der Waals surface area contributed by atoms with Gasteiger partial charge in [-0.25, -0.2) is 8.42 Å². The summed E-state index contributed by atoms with van der Waals surface area (Å²) in [5.41, 5.74) is 0.449. The van der Waals surface area contributed by atoms with Crippen molar-refractivity contribution >= 4 is 50.5 Å². The van der Waals surface area contributed by atoms with Crippen LogP contribution in [-0.4, -0.2) is 59.1 Å². The molecule has 7 nitrogen and oxygen atoms in total. The van der Waals surface area contributed by atoms with Crippen molar-refractivity contribution in [2.24, 2.45) is 0 Å². The highest BCUT2D eigenvalue weighted by Crippen LogP contribution is 2.35. The monoisotopic (exact) mass is 615 g/mol. The molecule has 214 valence electrons. The van der Waals surface area contributed by atoms with Gasteiger partial charge in [-0.05, 0) is 61.0 Å². The molecule has 3 aromatic rings. The summed E-state index contributed by atoms with van der Waals surface area (Å²) >= 11 is 12.2. The Morgan fingerprint density at radius 3 is 2.30 bits per heavy atom. The molecule has 0 saturated carbocycles. The lowest BCUT2D eigenvalue weighted by Crippen LogP contribution is -2.52. The van der Waals surface area contributed by atoms with Crippen molar-refractivity contribution in [3.05, 3.63) is 81.8 Å². The lowest BCUT2D eigenvalue weighted by atomic mass is 10.1. The predicted molar refractivity (Wildman–Crippen MR) is 149 cm³/mol. The maximum atomic E-state index is 13.9. The van der Waals surface area contributed by atoms with E-state index < -0.39 is 34.2 Å². The van der Waals surface area contributed by atoms with Crippen LogP contribution < -0.4 is 13.9 Å². The SMILES string of the molecule is COc1ccc(C)cc1S(=O)(=O)N(CC(=O)N1CCN(c2cccc(C(F)(F)F)c2)CC1)c1ccc(Cl)c(Cl)c1. The Balaban J connectivity index is 1.58. The van der Waals surface area contributed by atoms with E-state index in [9.17, 15) is 26.4 Å². The normalized spacial score (nSPS) is 14.3. The molecular weight excluding hydrogens is 590 g/mol. The van der Waals surface area contributed by atoms with Crippen LogP contribution in [0.1, 0.15) is 11.1 Å². The molecule has 3 aromatic carbocycles. The zero-order valence-corrected chi connectivity index (χ0v) is 23.9. The van der Waals surface area contributed by atoms with E-state index in [1.807, 2.05) is 0 Å². The fourth-order valence-electron chi connectivity index (χ4n) is 4.38. The van der Waals surface area contributed by atoms with Crippen LogP contribution in [0.4, 0.5) is 24.5 Å². The summed E-state index contributed by atoms with van der Waals surface area (Å²) in [7, 11) is -2.96. The molecular formula is C27H26Cl2F3N3O4S. The minimum absolute atomic E-state index is 0.109. The largest absolute Gasteiger partial charge is 0.495 e. The molecule has 4 rings (SSSR count). The summed E-state index contributed by atoms with van der Waals surface area (Å²) in [5.74, 6) is -0.372. The second-order valence-electron chi connectivity index (χ2n) is 9.18. The number of hydrogen-bond donors (Lipinski definition) is 0. The molecule has 1 amide bonds. The average Bonchev–Trinajstić information content (AvgIpc) is 2.92. The Labute approximate surface area is 240 Å². The van der Waals surface area contributed by atoms with Gasteiger partial charge in [-0.3, -0.25) is 9.10 Å². The topological polar surface area (TPSA) is 70.2 Å². The van der Waals surface area contributed by atoms with Crippen LogP contribution in [-0.2, 0) is 21.0 Å². The van der Waals surface area contributed by atoms with Gasteiger partial charge in [-0.15, -0.1) is 0 Å². The number of benzene rings is 3. The Kier molecular flexibility index (Phi) is 8.77. The highest BCUT2D eigenvalue weighted by atomic mass is 35.5. The third-order valence-corrected chi connectivity index (χ3v) is 9.06. The van der Waals surface area contributed by atoms with Crippen LogP contribution in [0.5, 0.6) is 5.75 Å². The summed E-state index contributed by atoms with van der Waals surface area (Å²) in [4.78, 5) is 16.5. The van der Waals surface area contributed by atoms with Crippen LogP contribution >= 0.6 is 23.2 Å². The number of aryl methyl sites for hydroxylation is 1. The number of alkyl halides is 3. The lowest BCUT2D eigenvalue weighted by Gasteiger charge is -2.37. The Morgan fingerprint density at radius 2 is 1.68 bits per heavy atom. The average molecular weight is 616 g/mol. The maximum absolute atomic E-state index is 13.9. The third-order valence-electron chi connectivity index (χ3n) is 6.53. The first-order valence-corrected chi connectivity index (χ1v) is 14.3. The standard InChI is InChI=1S/C27H26Cl2F3N3O4S/c1-18-6-9-24(39-2)25(14-18)40(37,38)35(21-7-8-22(28)23(29)16-21)17-26(36)34-12-10-33(11-13-34)20-5-3-4-19(15-20)27(30,31)32/h3-9,14-16H,10-13,17H2,1-2H3. The first-order valence-electron chi connectivity index (χ1n) is 12.1. The van der Waals surface area contributed by atoms with Gasteiger partial charge in [0.05, 0.1) is 28.4 Å². The van der Waals surface area contributed by atoms with E-state index in [0.717, 1.165) is 16.4 Å². The van der Waals surface area contributed by atoms with Crippen molar-refractivity contribution in [3.63, 3.8) is 0 Å². The number of rotatable bonds is 7. The van der Waals surface area contributed by atoms with Gasteiger partial charge >= 0.3 is 6.18 Å². The highest BCUT2D eigenvalue weighted by Gasteiger charge is 2.34. The fraction of sp³-hybridized carbons (Fsp3) is 0.296. The number of ether oxygens (including phenoxy) is 1. The Bertz CT molecular complexity index is 1510. The minimum Gasteiger partial charge on any atom is -0.495 e. The first kappa shape index (κ1) is 29.8. The second-order valence-corrected chi connectivity index (χ2v) is 11.8. The van der Waals surface area contributed by atoms with E-state index in [-0.39, 0.29) is 52.6 Å². The molecule has 1 saturated heterocycles. The van der Waals surface area contributed by atoms with Gasteiger partial charge in [0.1, 0.15) is 17.2 Å². The molecule has 0 aromatic heterocycles. The zero-order valence-electron chi connectivity index (χ0n) is 21.6. The molecule has 0 N–H and O–H groups in total. The van der Waals surface area contributed by atoms with E-state index in [2.05, 4.69) is 0 Å². The summed E-state index contributed by atoms with van der Waals surface area (Å²) < 4.78 is 73.6. The number of hydrogen-bond acceptors (Lipinski definition) is 5. The minimum atomic E-state index is -4.46. The van der Waals surface area contributed by atoms with Crippen molar-refractivity contribution in [1.82, 2.24) is 4.90 Å². The van der Waals surface area contributed by atoms with Gasteiger partial charge in [-0.2, -0.15) is 13.2 Å². The molecule has 0 atom stereocenters. The summed E-state index contributed by atoms with van der Waals surface area (Å²) in [6, 6.07) is 14.0. The second kappa shape index (κ2) is 11.8. The van der Waals surface area contributed by atoms with Gasteiger partial charge < -0.3 is 14.5 Å². The van der Waals surface area contributed by atoms with Gasteiger partial charge in [0.25, 0.3) is 10.0 Å². The molecule has 1 aliphatic rings. The van der Waals surface area contributed by atoms with Crippen molar-refractivity contribution in [2.45, 2.75) is 18.0 Å². The summed E-state index contributed by atoms with van der Waals surface area (Å²) in [6.07, 6.45) is -4.46. The molecule has 13 heteroatoms. The molecule has 0 aliphatic carbocycles. The van der Waals surface area contributed by atoms with Gasteiger partial charge in [0.2, 0.25) is 5.91 Å². The van der Waals surface area contributed by atoms with E-state index in [0.29, 0.717) is 11.3 Å². The Hall–Kier alpha value is -3.15. The van der Waals surface area contributed by atoms with Crippen LogP contribution in [0.2, 0.25) is 10.0 Å². The zero-order chi connectivity index (χ0) is 29.2. The third kappa shape index (κ3) is 6.42. The molecule has 0 spiro atoms. The fourth-order valence-corrected chi connectivity index (χ4v) is 6.32. The number of anilines is 2. The van der Waals surface area contributed by atoms with E-state index >= 15 is 0 Å². The molecule has 1 aliphatic heterocycles. The first-order chi connectivity index (χ1) is 18.8. The van der Waals surface area contributed by atoms with Crippen LogP contribution in [0.25, 0.3) is 0 Å². The molecule has 40 heavy (non-hydrogen) atoms. The number of carbonyl (C=O) groups is 1. The van der Waals surface area contributed by atoms with E-state index in [4.69, 9.17) is 27.9 Å². The van der Waals surface area contributed by atoms with Crippen LogP contribution in [0.3, 0.4) is 0 Å². The van der Waals surface area contributed by atoms with Crippen molar-refractivity contribution in [1.29, 1.82) is 0 Å². The molecule has 1 fully saturated rings. The number of carbonyl (C=O) groups excluding carboxylic acids is 1. The Morgan fingerprint density at radius 1 is 0.975 bits per heavy atom. The molecule has 0 bridgehead atoms. The number of amides is 1. The number of piperazine rings is 1. The molecule has 0 radical (unpaired) electrons. The number of halogens is 5. The predicted octanol–water partition coefficient (Wildman–Crippen LogP) is 5.87. The van der Waals surface area contributed by atoms with Crippen LogP contribution in [0, 0.1) is 6.92 Å². The van der Waals surface area contributed by atoms with Crippen molar-refractivity contribution in [2.75, 3.05) is 49.0 Å². The maximum Gasteiger partial charge on any atom is 0.416 e.